The Bertz CT molecular complexity index is 737. The molecule has 0 fully saturated rings. The van der Waals surface area contributed by atoms with E-state index in [0.29, 0.717) is 12.2 Å². The van der Waals surface area contributed by atoms with Crippen LogP contribution in [0.25, 0.3) is 0 Å². The van der Waals surface area contributed by atoms with Crippen molar-refractivity contribution in [1.82, 2.24) is 0 Å². The summed E-state index contributed by atoms with van der Waals surface area (Å²) in [5.74, 6) is -1.13. The van der Waals surface area contributed by atoms with Crippen molar-refractivity contribution in [3.63, 3.8) is 0 Å². The number of hydrogen-bond donors (Lipinski definition) is 0. The van der Waals surface area contributed by atoms with E-state index in [1.165, 1.54) is 30.0 Å². The van der Waals surface area contributed by atoms with Gasteiger partial charge in [0.15, 0.2) is 0 Å². The number of likely N-dealkylation sites (N-methyl/N-ethyl adjacent to an activating group) is 1. The molecule has 0 bridgehead atoms. The summed E-state index contributed by atoms with van der Waals surface area (Å²) in [4.78, 5) is 27.4. The zero-order chi connectivity index (χ0) is 17.7. The molecule has 24 heavy (non-hydrogen) atoms. The maximum absolute atomic E-state index is 13.3. The molecule has 0 saturated carbocycles. The molecule has 0 aliphatic rings. The summed E-state index contributed by atoms with van der Waals surface area (Å²) < 4.78 is 13.3. The Balaban J connectivity index is 2.25. The molecule has 2 amide bonds. The van der Waals surface area contributed by atoms with E-state index < -0.39 is 5.82 Å². The number of carbonyl (C=O) groups excluding carboxylic acids is 2. The van der Waals surface area contributed by atoms with Gasteiger partial charge in [0, 0.05) is 24.8 Å². The predicted molar refractivity (Wildman–Crippen MR) is 93.9 cm³/mol. The number of anilines is 2. The lowest BCUT2D eigenvalue weighted by Crippen LogP contribution is -2.42. The summed E-state index contributed by atoms with van der Waals surface area (Å²) >= 11 is 5.78. The molecule has 0 aliphatic carbocycles. The molecule has 6 heteroatoms. The molecule has 126 valence electrons. The van der Waals surface area contributed by atoms with Crippen LogP contribution in [0.5, 0.6) is 0 Å². The number of nitrogens with zero attached hydrogens (tertiary/aromatic N) is 2. The highest BCUT2D eigenvalue weighted by Gasteiger charge is 2.21. The zero-order valence-electron chi connectivity index (χ0n) is 13.5. The Morgan fingerprint density at radius 1 is 1.04 bits per heavy atom. The van der Waals surface area contributed by atoms with Crippen LogP contribution in [-0.2, 0) is 9.59 Å². The Labute approximate surface area is 145 Å². The molecular weight excluding hydrogens is 331 g/mol. The van der Waals surface area contributed by atoms with Gasteiger partial charge in [-0.2, -0.15) is 0 Å². The van der Waals surface area contributed by atoms with Crippen molar-refractivity contribution in [1.29, 1.82) is 0 Å². The first-order valence-electron chi connectivity index (χ1n) is 7.52. The first kappa shape index (κ1) is 17.9. The van der Waals surface area contributed by atoms with E-state index >= 15 is 0 Å². The molecule has 0 saturated heterocycles. The maximum Gasteiger partial charge on any atom is 0.247 e. The number of benzene rings is 2. The molecule has 0 atom stereocenters. The average Bonchev–Trinajstić information content (AvgIpc) is 2.57. The van der Waals surface area contributed by atoms with Crippen LogP contribution in [0.15, 0.2) is 48.5 Å². The van der Waals surface area contributed by atoms with Crippen LogP contribution in [-0.4, -0.2) is 24.9 Å². The smallest absolute Gasteiger partial charge is 0.247 e. The van der Waals surface area contributed by atoms with Gasteiger partial charge in [-0.25, -0.2) is 4.39 Å². The van der Waals surface area contributed by atoms with Gasteiger partial charge >= 0.3 is 0 Å². The lowest BCUT2D eigenvalue weighted by molar-refractivity contribution is -0.121. The number of halogens is 2. The highest BCUT2D eigenvalue weighted by Crippen LogP contribution is 2.23. The summed E-state index contributed by atoms with van der Waals surface area (Å²) in [5.41, 5.74) is 1.14. The van der Waals surface area contributed by atoms with Gasteiger partial charge in [-0.3, -0.25) is 9.59 Å². The van der Waals surface area contributed by atoms with Gasteiger partial charge in [0.25, 0.3) is 0 Å². The molecule has 2 aromatic rings. The van der Waals surface area contributed by atoms with Gasteiger partial charge in [0.2, 0.25) is 11.8 Å². The second kappa shape index (κ2) is 7.93. The fourth-order valence-electron chi connectivity index (χ4n) is 2.37. The van der Waals surface area contributed by atoms with E-state index in [1.54, 1.807) is 4.90 Å². The quantitative estimate of drug-likeness (QED) is 0.822. The minimum atomic E-state index is -0.574. The normalized spacial score (nSPS) is 10.3. The van der Waals surface area contributed by atoms with Crippen LogP contribution in [0.2, 0.25) is 5.02 Å². The average molecular weight is 349 g/mol. The van der Waals surface area contributed by atoms with Crippen LogP contribution >= 0.6 is 11.6 Å². The summed E-state index contributed by atoms with van der Waals surface area (Å²) in [6, 6.07) is 13.1. The van der Waals surface area contributed by atoms with Gasteiger partial charge in [0.1, 0.15) is 12.4 Å². The molecular formula is C18H18ClFN2O2. The standard InChI is InChI=1S/C18H18ClFN2O2/c1-3-21(14-7-5-4-6-8-14)18(24)12-22(13(2)23)15-9-10-17(20)16(19)11-15/h4-11H,3,12H2,1-2H3. The molecule has 2 aromatic carbocycles. The van der Waals surface area contributed by atoms with E-state index in [4.69, 9.17) is 11.6 Å². The minimum absolute atomic E-state index is 0.0957. The van der Waals surface area contributed by atoms with Gasteiger partial charge in [0.05, 0.1) is 5.02 Å². The van der Waals surface area contributed by atoms with Crippen LogP contribution in [0.3, 0.4) is 0 Å². The molecule has 2 rings (SSSR count). The van der Waals surface area contributed by atoms with Gasteiger partial charge in [-0.1, -0.05) is 29.8 Å². The number of hydrogen-bond acceptors (Lipinski definition) is 2. The van der Waals surface area contributed by atoms with Crippen LogP contribution < -0.4 is 9.80 Å². The molecule has 0 radical (unpaired) electrons. The largest absolute Gasteiger partial charge is 0.311 e. The molecule has 0 spiro atoms. The summed E-state index contributed by atoms with van der Waals surface area (Å²) in [5, 5.41) is -0.0957. The zero-order valence-corrected chi connectivity index (χ0v) is 14.3. The molecule has 0 aromatic heterocycles. The van der Waals surface area contributed by atoms with Gasteiger partial charge in [-0.05, 0) is 37.3 Å². The van der Waals surface area contributed by atoms with Crippen molar-refractivity contribution in [2.24, 2.45) is 0 Å². The van der Waals surface area contributed by atoms with E-state index in [2.05, 4.69) is 0 Å². The van der Waals surface area contributed by atoms with Crippen LogP contribution in [0.1, 0.15) is 13.8 Å². The van der Waals surface area contributed by atoms with Crippen molar-refractivity contribution in [3.05, 3.63) is 59.4 Å². The minimum Gasteiger partial charge on any atom is -0.311 e. The van der Waals surface area contributed by atoms with Crippen LogP contribution in [0, 0.1) is 5.82 Å². The second-order valence-electron chi connectivity index (χ2n) is 5.18. The first-order chi connectivity index (χ1) is 11.4. The first-order valence-corrected chi connectivity index (χ1v) is 7.90. The Morgan fingerprint density at radius 3 is 2.25 bits per heavy atom. The maximum atomic E-state index is 13.3. The predicted octanol–water partition coefficient (Wildman–Crippen LogP) is 3.89. The van der Waals surface area contributed by atoms with E-state index in [1.807, 2.05) is 37.3 Å². The lowest BCUT2D eigenvalue weighted by Gasteiger charge is -2.26. The third kappa shape index (κ3) is 4.11. The Hall–Kier alpha value is -2.40. The number of rotatable bonds is 5. The monoisotopic (exact) mass is 348 g/mol. The highest BCUT2D eigenvalue weighted by atomic mass is 35.5. The van der Waals surface area contributed by atoms with Crippen molar-refractivity contribution in [2.45, 2.75) is 13.8 Å². The van der Waals surface area contributed by atoms with Gasteiger partial charge in [-0.15, -0.1) is 0 Å². The molecule has 0 heterocycles. The van der Waals surface area contributed by atoms with Gasteiger partial charge < -0.3 is 9.80 Å². The van der Waals surface area contributed by atoms with Crippen molar-refractivity contribution >= 4 is 34.8 Å². The van der Waals surface area contributed by atoms with Crippen LogP contribution in [0.4, 0.5) is 15.8 Å². The van der Waals surface area contributed by atoms with E-state index in [9.17, 15) is 14.0 Å². The number of carbonyl (C=O) groups is 2. The van der Waals surface area contributed by atoms with Crippen molar-refractivity contribution in [3.8, 4) is 0 Å². The lowest BCUT2D eigenvalue weighted by atomic mass is 10.2. The number of para-hydroxylation sites is 1. The third-order valence-electron chi connectivity index (χ3n) is 3.57. The summed E-state index contributed by atoms with van der Waals surface area (Å²) in [6.07, 6.45) is 0. The van der Waals surface area contributed by atoms with E-state index in [-0.39, 0.29) is 23.4 Å². The Morgan fingerprint density at radius 2 is 1.71 bits per heavy atom. The highest BCUT2D eigenvalue weighted by molar-refractivity contribution is 6.31. The molecule has 0 unspecified atom stereocenters. The molecule has 0 N–H and O–H groups in total. The molecule has 0 aliphatic heterocycles. The topological polar surface area (TPSA) is 40.6 Å². The van der Waals surface area contributed by atoms with Crippen molar-refractivity contribution < 1.29 is 14.0 Å². The fraction of sp³-hybridized carbons (Fsp3) is 0.222. The van der Waals surface area contributed by atoms with Crippen molar-refractivity contribution in [2.75, 3.05) is 22.9 Å². The van der Waals surface area contributed by atoms with E-state index in [0.717, 1.165) is 5.69 Å². The number of amides is 2. The summed E-state index contributed by atoms with van der Waals surface area (Å²) in [7, 11) is 0. The Kier molecular flexibility index (Phi) is 5.93. The fourth-order valence-corrected chi connectivity index (χ4v) is 2.54. The second-order valence-corrected chi connectivity index (χ2v) is 5.58. The third-order valence-corrected chi connectivity index (χ3v) is 3.86. The molecule has 4 nitrogen and oxygen atoms in total. The SMILES string of the molecule is CCN(C(=O)CN(C(C)=O)c1ccc(F)c(Cl)c1)c1ccccc1. The summed E-state index contributed by atoms with van der Waals surface area (Å²) in [6.45, 7) is 3.53.